The van der Waals surface area contributed by atoms with Crippen LogP contribution in [0.15, 0.2) is 0 Å². The first-order valence-electron chi connectivity index (χ1n) is 4.76. The van der Waals surface area contributed by atoms with Crippen LogP contribution in [0.5, 0.6) is 0 Å². The van der Waals surface area contributed by atoms with E-state index in [0.717, 1.165) is 11.4 Å². The lowest BCUT2D eigenvalue weighted by Crippen LogP contribution is -2.29. The van der Waals surface area contributed by atoms with Gasteiger partial charge in [-0.1, -0.05) is 6.92 Å². The summed E-state index contributed by atoms with van der Waals surface area (Å²) in [5.74, 6) is -0.302. The summed E-state index contributed by atoms with van der Waals surface area (Å²) in [5.41, 5.74) is 11.2. The number of carbonyl (C=O) groups excluding carboxylic acids is 1. The number of anilines is 2. The number of nitrogen functional groups attached to an aromatic ring is 1. The maximum Gasteiger partial charge on any atom is 0.255 e. The monoisotopic (exact) mass is 228 g/mol. The van der Waals surface area contributed by atoms with Crippen LogP contribution in [0.2, 0.25) is 0 Å². The van der Waals surface area contributed by atoms with Crippen molar-refractivity contribution in [1.29, 1.82) is 0 Å². The third-order valence-electron chi connectivity index (χ3n) is 2.52. The molecule has 0 saturated carbocycles. The molecule has 0 spiro atoms. The Bertz CT molecular complexity index is 363. The number of carbonyl (C=O) groups is 1. The summed E-state index contributed by atoms with van der Waals surface area (Å²) >= 11 is 1.21. The number of hydrogen-bond donors (Lipinski definition) is 2. The molecule has 4 N–H and O–H groups in total. The molecule has 0 bridgehead atoms. The first-order valence-corrected chi connectivity index (χ1v) is 5.54. The van der Waals surface area contributed by atoms with Crippen LogP contribution in [-0.2, 0) is 0 Å². The molecule has 84 valence electrons. The lowest BCUT2D eigenvalue weighted by molar-refractivity contribution is 0.100. The number of nitrogens with zero attached hydrogens (tertiary/aromatic N) is 2. The Kier molecular flexibility index (Phi) is 3.52. The number of primary amides is 1. The minimum Gasteiger partial charge on any atom is -0.382 e. The van der Waals surface area contributed by atoms with E-state index in [9.17, 15) is 4.79 Å². The van der Waals surface area contributed by atoms with Crippen molar-refractivity contribution in [2.75, 3.05) is 17.7 Å². The van der Waals surface area contributed by atoms with E-state index in [1.165, 1.54) is 11.5 Å². The van der Waals surface area contributed by atoms with E-state index in [-0.39, 0.29) is 5.82 Å². The lowest BCUT2D eigenvalue weighted by atomic mass is 10.2. The molecule has 1 unspecified atom stereocenters. The van der Waals surface area contributed by atoms with Crippen molar-refractivity contribution in [3.63, 3.8) is 0 Å². The van der Waals surface area contributed by atoms with E-state index in [1.54, 1.807) is 0 Å². The van der Waals surface area contributed by atoms with E-state index >= 15 is 0 Å². The van der Waals surface area contributed by atoms with Crippen LogP contribution < -0.4 is 16.4 Å². The van der Waals surface area contributed by atoms with Crippen LogP contribution >= 0.6 is 11.5 Å². The molecule has 6 heteroatoms. The Hall–Kier alpha value is -1.30. The first-order chi connectivity index (χ1) is 6.99. The summed E-state index contributed by atoms with van der Waals surface area (Å²) in [6, 6.07) is 0.322. The van der Waals surface area contributed by atoms with Crippen LogP contribution in [0.4, 0.5) is 10.8 Å². The number of rotatable bonds is 4. The van der Waals surface area contributed by atoms with E-state index in [0.29, 0.717) is 11.6 Å². The number of amides is 1. The molecule has 0 saturated heterocycles. The van der Waals surface area contributed by atoms with Gasteiger partial charge in [0.2, 0.25) is 0 Å². The lowest BCUT2D eigenvalue weighted by Gasteiger charge is -2.24. The molecule has 0 aromatic carbocycles. The van der Waals surface area contributed by atoms with Crippen molar-refractivity contribution in [2.45, 2.75) is 26.3 Å². The highest BCUT2D eigenvalue weighted by Crippen LogP contribution is 2.30. The number of hydrogen-bond acceptors (Lipinski definition) is 5. The normalized spacial score (nSPS) is 12.5. The minimum atomic E-state index is -0.522. The van der Waals surface area contributed by atoms with Gasteiger partial charge in [0.15, 0.2) is 5.82 Å². The zero-order valence-electron chi connectivity index (χ0n) is 9.15. The van der Waals surface area contributed by atoms with Gasteiger partial charge in [-0.25, -0.2) is 0 Å². The maximum absolute atomic E-state index is 11.2. The zero-order chi connectivity index (χ0) is 11.6. The average Bonchev–Trinajstić information content (AvgIpc) is 2.57. The minimum absolute atomic E-state index is 0.220. The molecule has 1 aromatic rings. The Balaban J connectivity index is 3.09. The predicted octanol–water partition coefficient (Wildman–Crippen LogP) is 1.06. The zero-order valence-corrected chi connectivity index (χ0v) is 9.97. The molecule has 0 aliphatic rings. The standard InChI is InChI=1S/C9H16N4OS/c1-4-5(2)13(3)9-6(8(11)14)7(10)12-15-9/h5H,4H2,1-3H3,(H2,10,12)(H2,11,14). The highest BCUT2D eigenvalue weighted by atomic mass is 32.1. The summed E-state index contributed by atoms with van der Waals surface area (Å²) in [6.07, 6.45) is 0.979. The molecule has 0 aliphatic carbocycles. The van der Waals surface area contributed by atoms with E-state index in [1.807, 2.05) is 11.9 Å². The van der Waals surface area contributed by atoms with Crippen molar-refractivity contribution < 1.29 is 4.79 Å². The van der Waals surface area contributed by atoms with Gasteiger partial charge in [-0.3, -0.25) is 4.79 Å². The van der Waals surface area contributed by atoms with Crippen LogP contribution in [0.25, 0.3) is 0 Å². The van der Waals surface area contributed by atoms with Gasteiger partial charge < -0.3 is 16.4 Å². The van der Waals surface area contributed by atoms with Gasteiger partial charge in [-0.05, 0) is 24.9 Å². The Morgan fingerprint density at radius 3 is 2.73 bits per heavy atom. The second-order valence-corrected chi connectivity index (χ2v) is 4.23. The molecule has 1 atom stereocenters. The molecule has 1 rings (SSSR count). The van der Waals surface area contributed by atoms with Gasteiger partial charge in [0.1, 0.15) is 10.6 Å². The van der Waals surface area contributed by atoms with Gasteiger partial charge in [0, 0.05) is 13.1 Å². The van der Waals surface area contributed by atoms with E-state index in [2.05, 4.69) is 18.2 Å². The van der Waals surface area contributed by atoms with Gasteiger partial charge in [0.25, 0.3) is 5.91 Å². The van der Waals surface area contributed by atoms with Crippen LogP contribution in [0, 0.1) is 0 Å². The third kappa shape index (κ3) is 2.20. The first kappa shape index (κ1) is 11.8. The largest absolute Gasteiger partial charge is 0.382 e. The fourth-order valence-corrected chi connectivity index (χ4v) is 2.12. The SMILES string of the molecule is CCC(C)N(C)c1snc(N)c1C(N)=O. The van der Waals surface area contributed by atoms with Gasteiger partial charge >= 0.3 is 0 Å². The quantitative estimate of drug-likeness (QED) is 0.807. The van der Waals surface area contributed by atoms with Gasteiger partial charge in [-0.2, -0.15) is 4.37 Å². The van der Waals surface area contributed by atoms with Gasteiger partial charge in [-0.15, -0.1) is 0 Å². The van der Waals surface area contributed by atoms with Crippen LogP contribution in [-0.4, -0.2) is 23.4 Å². The number of aromatic nitrogens is 1. The summed E-state index contributed by atoms with van der Waals surface area (Å²) in [6.45, 7) is 4.15. The van der Waals surface area contributed by atoms with Crippen LogP contribution in [0.3, 0.4) is 0 Å². The third-order valence-corrected chi connectivity index (χ3v) is 3.47. The summed E-state index contributed by atoms with van der Waals surface area (Å²) < 4.78 is 3.95. The second kappa shape index (κ2) is 4.48. The smallest absolute Gasteiger partial charge is 0.255 e. The molecule has 0 aliphatic heterocycles. The molecule has 1 amide bonds. The maximum atomic E-state index is 11.2. The highest BCUT2D eigenvalue weighted by molar-refractivity contribution is 7.11. The molecular weight excluding hydrogens is 212 g/mol. The molecule has 0 radical (unpaired) electrons. The molecule has 15 heavy (non-hydrogen) atoms. The molecule has 0 fully saturated rings. The summed E-state index contributed by atoms with van der Waals surface area (Å²) in [4.78, 5) is 13.2. The Morgan fingerprint density at radius 2 is 2.27 bits per heavy atom. The predicted molar refractivity (Wildman–Crippen MR) is 63.2 cm³/mol. The van der Waals surface area contributed by atoms with Crippen LogP contribution in [0.1, 0.15) is 30.6 Å². The van der Waals surface area contributed by atoms with Crippen molar-refractivity contribution in [1.82, 2.24) is 4.37 Å². The average molecular weight is 228 g/mol. The van der Waals surface area contributed by atoms with E-state index in [4.69, 9.17) is 11.5 Å². The summed E-state index contributed by atoms with van der Waals surface area (Å²) in [5, 5.41) is 0.745. The summed E-state index contributed by atoms with van der Waals surface area (Å²) in [7, 11) is 1.91. The van der Waals surface area contributed by atoms with E-state index < -0.39 is 5.91 Å². The molecule has 5 nitrogen and oxygen atoms in total. The number of nitrogens with two attached hydrogens (primary N) is 2. The fourth-order valence-electron chi connectivity index (χ4n) is 1.24. The Morgan fingerprint density at radius 1 is 1.67 bits per heavy atom. The van der Waals surface area contributed by atoms with Crippen molar-refractivity contribution in [3.8, 4) is 0 Å². The van der Waals surface area contributed by atoms with Gasteiger partial charge in [0.05, 0.1) is 0 Å². The van der Waals surface area contributed by atoms with Crippen molar-refractivity contribution in [2.24, 2.45) is 5.73 Å². The highest BCUT2D eigenvalue weighted by Gasteiger charge is 2.21. The fraction of sp³-hybridized carbons (Fsp3) is 0.556. The topological polar surface area (TPSA) is 85.2 Å². The Labute approximate surface area is 93.2 Å². The molecule has 1 heterocycles. The molecular formula is C9H16N4OS. The second-order valence-electron chi connectivity index (χ2n) is 3.48. The molecule has 1 aromatic heterocycles. The van der Waals surface area contributed by atoms with Crippen molar-refractivity contribution in [3.05, 3.63) is 5.56 Å². The van der Waals surface area contributed by atoms with Crippen molar-refractivity contribution >= 4 is 28.3 Å².